The highest BCUT2D eigenvalue weighted by Gasteiger charge is 2.18. The lowest BCUT2D eigenvalue weighted by Crippen LogP contribution is -2.34. The summed E-state index contributed by atoms with van der Waals surface area (Å²) in [7, 11) is -3.46. The second-order valence-corrected chi connectivity index (χ2v) is 7.79. The molecule has 0 fully saturated rings. The zero-order valence-corrected chi connectivity index (χ0v) is 15.2. The Morgan fingerprint density at radius 2 is 1.85 bits per heavy atom. The molecule has 0 atom stereocenters. The van der Waals surface area contributed by atoms with Crippen molar-refractivity contribution in [3.63, 3.8) is 0 Å². The van der Waals surface area contributed by atoms with Gasteiger partial charge in [0.15, 0.2) is 11.5 Å². The average Bonchev–Trinajstić information content (AvgIpc) is 3.07. The molecule has 0 saturated carbocycles. The van der Waals surface area contributed by atoms with Gasteiger partial charge in [0.25, 0.3) is 0 Å². The van der Waals surface area contributed by atoms with Crippen LogP contribution in [0, 0.1) is 0 Å². The quantitative estimate of drug-likeness (QED) is 0.798. The number of ether oxygens (including phenoxy) is 2. The number of hydrogen-bond donors (Lipinski definition) is 1. The molecule has 0 aliphatic carbocycles. The third-order valence-corrected chi connectivity index (χ3v) is 5.11. The van der Waals surface area contributed by atoms with Gasteiger partial charge in [-0.15, -0.1) is 0 Å². The molecule has 26 heavy (non-hydrogen) atoms. The van der Waals surface area contributed by atoms with Crippen LogP contribution in [-0.2, 0) is 21.4 Å². The summed E-state index contributed by atoms with van der Waals surface area (Å²) in [6.45, 7) is 0.613. The van der Waals surface area contributed by atoms with Crippen molar-refractivity contribution < 1.29 is 22.7 Å². The molecular formula is C18H20N2O5S. The van der Waals surface area contributed by atoms with E-state index in [0.29, 0.717) is 23.7 Å². The number of benzene rings is 2. The molecule has 1 N–H and O–H groups in total. The van der Waals surface area contributed by atoms with Crippen LogP contribution in [0.3, 0.4) is 0 Å². The Morgan fingerprint density at radius 1 is 1.12 bits per heavy atom. The number of amides is 1. The maximum atomic E-state index is 12.1. The predicted octanol–water partition coefficient (Wildman–Crippen LogP) is 1.89. The fourth-order valence-electron chi connectivity index (χ4n) is 2.62. The van der Waals surface area contributed by atoms with Crippen LogP contribution in [-0.4, -0.2) is 33.9 Å². The van der Waals surface area contributed by atoms with Crippen LogP contribution < -0.4 is 19.1 Å². The monoisotopic (exact) mass is 376 g/mol. The first-order valence-electron chi connectivity index (χ1n) is 8.11. The molecule has 7 nitrogen and oxygen atoms in total. The lowest BCUT2D eigenvalue weighted by atomic mass is 10.2. The average molecular weight is 376 g/mol. The maximum Gasteiger partial charge on any atom is 0.232 e. The molecule has 8 heteroatoms. The summed E-state index contributed by atoms with van der Waals surface area (Å²) in [6.07, 6.45) is 1.19. The highest BCUT2D eigenvalue weighted by molar-refractivity contribution is 7.92. The second-order valence-electron chi connectivity index (χ2n) is 5.89. The van der Waals surface area contributed by atoms with Crippen LogP contribution in [0.5, 0.6) is 11.5 Å². The minimum atomic E-state index is -3.46. The van der Waals surface area contributed by atoms with Crippen LogP contribution in [0.2, 0.25) is 0 Å². The van der Waals surface area contributed by atoms with Crippen molar-refractivity contribution in [3.8, 4) is 11.5 Å². The predicted molar refractivity (Wildman–Crippen MR) is 97.7 cm³/mol. The van der Waals surface area contributed by atoms with Gasteiger partial charge < -0.3 is 14.8 Å². The molecule has 2 aromatic rings. The highest BCUT2D eigenvalue weighted by atomic mass is 32.2. The number of carbonyl (C=O) groups excluding carboxylic acids is 1. The van der Waals surface area contributed by atoms with Crippen molar-refractivity contribution in [2.75, 3.05) is 23.9 Å². The Morgan fingerprint density at radius 3 is 2.58 bits per heavy atom. The third kappa shape index (κ3) is 4.45. The molecule has 1 aliphatic rings. The van der Waals surface area contributed by atoms with Crippen molar-refractivity contribution in [2.45, 2.75) is 13.0 Å². The van der Waals surface area contributed by atoms with Gasteiger partial charge >= 0.3 is 0 Å². The smallest absolute Gasteiger partial charge is 0.232 e. The number of anilines is 1. The minimum Gasteiger partial charge on any atom is -0.454 e. The molecule has 1 aliphatic heterocycles. The topological polar surface area (TPSA) is 84.9 Å². The number of rotatable bonds is 7. The number of hydrogen-bond acceptors (Lipinski definition) is 5. The van der Waals surface area contributed by atoms with E-state index in [4.69, 9.17) is 9.47 Å². The number of sulfonamides is 1. The molecule has 1 amide bonds. The maximum absolute atomic E-state index is 12.1. The first kappa shape index (κ1) is 18.1. The van der Waals surface area contributed by atoms with Crippen molar-refractivity contribution in [1.29, 1.82) is 0 Å². The molecule has 3 rings (SSSR count). The fraction of sp³-hybridized carbons (Fsp3) is 0.278. The van der Waals surface area contributed by atoms with Gasteiger partial charge in [-0.05, 0) is 29.8 Å². The Hall–Kier alpha value is -2.74. The van der Waals surface area contributed by atoms with Crippen LogP contribution in [0.1, 0.15) is 12.0 Å². The summed E-state index contributed by atoms with van der Waals surface area (Å²) in [4.78, 5) is 12.1. The van der Waals surface area contributed by atoms with E-state index >= 15 is 0 Å². The van der Waals surface area contributed by atoms with Crippen molar-refractivity contribution >= 4 is 21.6 Å². The van der Waals surface area contributed by atoms with E-state index in [1.165, 1.54) is 4.31 Å². The van der Waals surface area contributed by atoms with Gasteiger partial charge in [-0.25, -0.2) is 8.42 Å². The van der Waals surface area contributed by atoms with Crippen LogP contribution in [0.25, 0.3) is 0 Å². The normalized spacial score (nSPS) is 12.7. The molecule has 0 aromatic heterocycles. The Kier molecular flexibility index (Phi) is 5.32. The van der Waals surface area contributed by atoms with Crippen molar-refractivity contribution in [2.24, 2.45) is 0 Å². The zero-order chi connectivity index (χ0) is 18.6. The first-order chi connectivity index (χ1) is 12.4. The molecular weight excluding hydrogens is 356 g/mol. The van der Waals surface area contributed by atoms with E-state index in [0.717, 1.165) is 11.8 Å². The van der Waals surface area contributed by atoms with Gasteiger partial charge in [0.05, 0.1) is 11.9 Å². The standard InChI is InChI=1S/C18H20N2O5S/c1-26(22,23)20(15-5-3-2-4-6-15)10-9-18(21)19-12-14-7-8-16-17(11-14)25-13-24-16/h2-8,11H,9-10,12-13H2,1H3,(H,19,21). The van der Waals surface area contributed by atoms with E-state index in [2.05, 4.69) is 5.32 Å². The Labute approximate surface area is 152 Å². The summed E-state index contributed by atoms with van der Waals surface area (Å²) in [5, 5.41) is 2.79. The number of carbonyl (C=O) groups is 1. The van der Waals surface area contributed by atoms with E-state index in [9.17, 15) is 13.2 Å². The Balaban J connectivity index is 1.55. The SMILES string of the molecule is CS(=O)(=O)N(CCC(=O)NCc1ccc2c(c1)OCO2)c1ccccc1. The van der Waals surface area contributed by atoms with Gasteiger partial charge in [0, 0.05) is 19.5 Å². The van der Waals surface area contributed by atoms with Crippen molar-refractivity contribution in [1.82, 2.24) is 5.32 Å². The zero-order valence-electron chi connectivity index (χ0n) is 14.3. The summed E-state index contributed by atoms with van der Waals surface area (Å²) < 4.78 is 35.8. The summed E-state index contributed by atoms with van der Waals surface area (Å²) >= 11 is 0. The lowest BCUT2D eigenvalue weighted by Gasteiger charge is -2.22. The first-order valence-corrected chi connectivity index (χ1v) is 9.96. The molecule has 1 heterocycles. The molecule has 2 aromatic carbocycles. The van der Waals surface area contributed by atoms with Crippen molar-refractivity contribution in [3.05, 3.63) is 54.1 Å². The summed E-state index contributed by atoms with van der Waals surface area (Å²) in [5.74, 6) is 1.11. The van der Waals surface area contributed by atoms with Crippen LogP contribution in [0.15, 0.2) is 48.5 Å². The summed E-state index contributed by atoms with van der Waals surface area (Å²) in [6, 6.07) is 14.2. The largest absolute Gasteiger partial charge is 0.454 e. The Bertz CT molecular complexity index is 884. The lowest BCUT2D eigenvalue weighted by molar-refractivity contribution is -0.121. The van der Waals surface area contributed by atoms with Gasteiger partial charge in [0.1, 0.15) is 0 Å². The molecule has 0 bridgehead atoms. The molecule has 0 spiro atoms. The van der Waals surface area contributed by atoms with Crippen LogP contribution in [0.4, 0.5) is 5.69 Å². The number of fused-ring (bicyclic) bond motifs is 1. The molecule has 0 saturated heterocycles. The fourth-order valence-corrected chi connectivity index (χ4v) is 3.55. The number of para-hydroxylation sites is 1. The number of nitrogens with zero attached hydrogens (tertiary/aromatic N) is 1. The van der Waals surface area contributed by atoms with E-state index in [1.807, 2.05) is 18.2 Å². The van der Waals surface area contributed by atoms with Gasteiger partial charge in [-0.3, -0.25) is 9.10 Å². The van der Waals surface area contributed by atoms with Gasteiger partial charge in [-0.1, -0.05) is 24.3 Å². The minimum absolute atomic E-state index is 0.0620. The van der Waals surface area contributed by atoms with E-state index in [-0.39, 0.29) is 25.7 Å². The number of nitrogens with one attached hydrogen (secondary N) is 1. The summed E-state index contributed by atoms with van der Waals surface area (Å²) in [5.41, 5.74) is 1.42. The molecule has 138 valence electrons. The van der Waals surface area contributed by atoms with Crippen LogP contribution >= 0.6 is 0 Å². The van der Waals surface area contributed by atoms with Gasteiger partial charge in [0.2, 0.25) is 22.7 Å². The second kappa shape index (κ2) is 7.65. The highest BCUT2D eigenvalue weighted by Crippen LogP contribution is 2.32. The van der Waals surface area contributed by atoms with Gasteiger partial charge in [-0.2, -0.15) is 0 Å². The molecule has 0 radical (unpaired) electrons. The third-order valence-electron chi connectivity index (χ3n) is 3.91. The van der Waals surface area contributed by atoms with E-state index in [1.54, 1.807) is 30.3 Å². The molecule has 0 unspecified atom stereocenters. The van der Waals surface area contributed by atoms with E-state index < -0.39 is 10.0 Å².